The van der Waals surface area contributed by atoms with Gasteiger partial charge in [-0.1, -0.05) is 36.9 Å². The molecular weight excluding hydrogens is 330 g/mol. The van der Waals surface area contributed by atoms with E-state index in [9.17, 15) is 19.5 Å². The molecule has 126 valence electrons. The largest absolute Gasteiger partial charge is 0.479 e. The quantitative estimate of drug-likeness (QED) is 0.526. The highest BCUT2D eigenvalue weighted by molar-refractivity contribution is 8.00. The Hall–Kier alpha value is -2.32. The van der Waals surface area contributed by atoms with Crippen LogP contribution in [0, 0.1) is 0 Å². The molecule has 2 amide bonds. The number of carbonyl (C=O) groups is 3. The number of carboxylic acid groups (broad SMARTS) is 1. The molecule has 3 unspecified atom stereocenters. The number of nitrogens with one attached hydrogen (secondary N) is 1. The van der Waals surface area contributed by atoms with Crippen molar-refractivity contribution in [2.24, 2.45) is 5.73 Å². The van der Waals surface area contributed by atoms with Crippen molar-refractivity contribution >= 4 is 29.5 Å². The van der Waals surface area contributed by atoms with Gasteiger partial charge in [0.25, 0.3) is 0 Å². The summed E-state index contributed by atoms with van der Waals surface area (Å²) < 4.78 is 0. The van der Waals surface area contributed by atoms with E-state index in [-0.39, 0.29) is 0 Å². The number of thioether (sulfide) groups is 1. The lowest BCUT2D eigenvalue weighted by Crippen LogP contribution is -2.74. The number of rotatable bonds is 4. The van der Waals surface area contributed by atoms with Crippen molar-refractivity contribution in [2.75, 3.05) is 5.75 Å². The summed E-state index contributed by atoms with van der Waals surface area (Å²) in [6, 6.07) is 6.17. The number of hydrogen-bond acceptors (Lipinski definition) is 5. The lowest BCUT2D eigenvalue weighted by molar-refractivity contribution is -0.160. The van der Waals surface area contributed by atoms with Crippen molar-refractivity contribution in [1.29, 1.82) is 0 Å². The van der Waals surface area contributed by atoms with E-state index in [4.69, 9.17) is 5.73 Å². The standard InChI is InChI=1S/C16H17N3O4S/c1-8-7-24-15-11(14(21)19(15)12(8)16(22)23)18-13(20)10(17)9-5-3-2-4-6-9/h2-6,10-12,15H,1,7,17H2,(H,18,20)(H,22,23)/t10?,11?,12?,15-/m1/s1. The van der Waals surface area contributed by atoms with Crippen LogP contribution in [0.2, 0.25) is 0 Å². The number of hydrogen-bond donors (Lipinski definition) is 3. The van der Waals surface area contributed by atoms with Crippen LogP contribution in [-0.4, -0.2) is 51.0 Å². The first-order chi connectivity index (χ1) is 11.4. The van der Waals surface area contributed by atoms with Crippen molar-refractivity contribution in [3.63, 3.8) is 0 Å². The fourth-order valence-electron chi connectivity index (χ4n) is 2.89. The van der Waals surface area contributed by atoms with E-state index in [1.165, 1.54) is 16.7 Å². The number of β-lactam (4-membered cyclic amide) rings is 1. The van der Waals surface area contributed by atoms with Crippen LogP contribution in [0.15, 0.2) is 42.5 Å². The van der Waals surface area contributed by atoms with Gasteiger partial charge in [-0.3, -0.25) is 9.59 Å². The van der Waals surface area contributed by atoms with Crippen molar-refractivity contribution in [3.8, 4) is 0 Å². The predicted octanol–water partition coefficient (Wildman–Crippen LogP) is 0.0957. The third-order valence-corrected chi connectivity index (χ3v) is 5.54. The molecule has 0 aromatic heterocycles. The van der Waals surface area contributed by atoms with Crippen LogP contribution in [0.3, 0.4) is 0 Å². The van der Waals surface area contributed by atoms with Crippen molar-refractivity contribution < 1.29 is 19.5 Å². The zero-order chi connectivity index (χ0) is 17.4. The molecule has 2 fully saturated rings. The average molecular weight is 347 g/mol. The Morgan fingerprint density at radius 2 is 2.04 bits per heavy atom. The minimum absolute atomic E-state index is 0.406. The maximum absolute atomic E-state index is 12.3. The molecular formula is C16H17N3O4S. The molecule has 4 atom stereocenters. The summed E-state index contributed by atoms with van der Waals surface area (Å²) in [5.74, 6) is -1.56. The van der Waals surface area contributed by atoms with Gasteiger partial charge in [0.2, 0.25) is 11.8 Å². The zero-order valence-corrected chi connectivity index (χ0v) is 13.5. The van der Waals surface area contributed by atoms with Crippen LogP contribution in [0.1, 0.15) is 11.6 Å². The van der Waals surface area contributed by atoms with Gasteiger partial charge in [0.05, 0.1) is 0 Å². The Morgan fingerprint density at radius 3 is 2.67 bits per heavy atom. The van der Waals surface area contributed by atoms with Gasteiger partial charge in [-0.05, 0) is 11.1 Å². The molecule has 24 heavy (non-hydrogen) atoms. The van der Waals surface area contributed by atoms with Gasteiger partial charge in [0, 0.05) is 5.75 Å². The first-order valence-corrected chi connectivity index (χ1v) is 8.42. The van der Waals surface area contributed by atoms with Crippen LogP contribution in [0.25, 0.3) is 0 Å². The summed E-state index contributed by atoms with van der Waals surface area (Å²) in [7, 11) is 0. The number of nitrogens with zero attached hydrogens (tertiary/aromatic N) is 1. The fourth-order valence-corrected chi connectivity index (χ4v) is 4.19. The first kappa shape index (κ1) is 16.5. The summed E-state index contributed by atoms with van der Waals surface area (Å²) in [4.78, 5) is 37.2. The molecule has 0 radical (unpaired) electrons. The Bertz CT molecular complexity index is 709. The molecule has 0 spiro atoms. The normalized spacial score (nSPS) is 27.0. The molecule has 2 aliphatic rings. The molecule has 2 heterocycles. The highest BCUT2D eigenvalue weighted by atomic mass is 32.2. The smallest absolute Gasteiger partial charge is 0.330 e. The highest BCUT2D eigenvalue weighted by Gasteiger charge is 2.56. The van der Waals surface area contributed by atoms with E-state index < -0.39 is 41.3 Å². The molecule has 8 heteroatoms. The predicted molar refractivity (Wildman–Crippen MR) is 89.0 cm³/mol. The summed E-state index contributed by atoms with van der Waals surface area (Å²) in [6.07, 6.45) is 0. The van der Waals surface area contributed by atoms with Crippen LogP contribution < -0.4 is 11.1 Å². The minimum Gasteiger partial charge on any atom is -0.479 e. The molecule has 0 saturated carbocycles. The van der Waals surface area contributed by atoms with Gasteiger partial charge in [-0.2, -0.15) is 0 Å². The molecule has 2 aliphatic heterocycles. The Labute approximate surface area is 142 Å². The van der Waals surface area contributed by atoms with E-state index in [1.54, 1.807) is 24.3 Å². The number of amides is 2. The Balaban J connectivity index is 1.69. The van der Waals surface area contributed by atoms with Crippen LogP contribution in [-0.2, 0) is 14.4 Å². The maximum atomic E-state index is 12.3. The minimum atomic E-state index is -1.11. The maximum Gasteiger partial charge on any atom is 0.330 e. The summed E-state index contributed by atoms with van der Waals surface area (Å²) in [5, 5.41) is 11.5. The lowest BCUT2D eigenvalue weighted by atomic mass is 9.98. The third kappa shape index (κ3) is 2.67. The van der Waals surface area contributed by atoms with Crippen LogP contribution in [0.4, 0.5) is 0 Å². The molecule has 7 nitrogen and oxygen atoms in total. The Kier molecular flexibility index (Phi) is 4.33. The third-order valence-electron chi connectivity index (χ3n) is 4.16. The summed E-state index contributed by atoms with van der Waals surface area (Å²) >= 11 is 1.39. The number of aliphatic carboxylic acids is 1. The van der Waals surface area contributed by atoms with E-state index in [2.05, 4.69) is 11.9 Å². The van der Waals surface area contributed by atoms with Crippen molar-refractivity contribution in [1.82, 2.24) is 10.2 Å². The summed E-state index contributed by atoms with van der Waals surface area (Å²) in [6.45, 7) is 3.72. The van der Waals surface area contributed by atoms with E-state index >= 15 is 0 Å². The van der Waals surface area contributed by atoms with Gasteiger partial charge in [0.1, 0.15) is 17.5 Å². The number of nitrogens with two attached hydrogens (primary N) is 1. The second kappa shape index (κ2) is 6.29. The molecule has 1 aromatic carbocycles. The SMILES string of the molecule is C=C1CS[C@@H]2C(NC(=O)C(N)c3ccccc3)C(=O)N2C1C(=O)O. The molecule has 0 aliphatic carbocycles. The molecule has 4 N–H and O–H groups in total. The number of fused-ring (bicyclic) bond motifs is 1. The van der Waals surface area contributed by atoms with Gasteiger partial charge in [-0.25, -0.2) is 4.79 Å². The Morgan fingerprint density at radius 1 is 1.38 bits per heavy atom. The monoisotopic (exact) mass is 347 g/mol. The van der Waals surface area contributed by atoms with Crippen LogP contribution in [0.5, 0.6) is 0 Å². The van der Waals surface area contributed by atoms with Crippen molar-refractivity contribution in [2.45, 2.75) is 23.5 Å². The van der Waals surface area contributed by atoms with Crippen LogP contribution >= 0.6 is 11.8 Å². The van der Waals surface area contributed by atoms with E-state index in [1.807, 2.05) is 6.07 Å². The lowest BCUT2D eigenvalue weighted by Gasteiger charge is -2.52. The fraction of sp³-hybridized carbons (Fsp3) is 0.312. The molecule has 2 saturated heterocycles. The number of carboxylic acids is 1. The second-order valence-electron chi connectivity index (χ2n) is 5.72. The molecule has 1 aromatic rings. The number of benzene rings is 1. The summed E-state index contributed by atoms with van der Waals surface area (Å²) in [5.41, 5.74) is 7.04. The second-order valence-corrected chi connectivity index (χ2v) is 6.83. The number of carbonyl (C=O) groups excluding carboxylic acids is 2. The molecule has 3 rings (SSSR count). The average Bonchev–Trinajstić information content (AvgIpc) is 2.59. The zero-order valence-electron chi connectivity index (χ0n) is 12.7. The topological polar surface area (TPSA) is 113 Å². The molecule has 0 bridgehead atoms. The highest BCUT2D eigenvalue weighted by Crippen LogP contribution is 2.40. The van der Waals surface area contributed by atoms with E-state index in [0.29, 0.717) is 16.9 Å². The van der Waals surface area contributed by atoms with Gasteiger partial charge in [0.15, 0.2) is 6.04 Å². The first-order valence-electron chi connectivity index (χ1n) is 7.37. The van der Waals surface area contributed by atoms with Crippen molar-refractivity contribution in [3.05, 3.63) is 48.0 Å². The van der Waals surface area contributed by atoms with E-state index in [0.717, 1.165) is 0 Å². The van der Waals surface area contributed by atoms with Gasteiger partial charge in [-0.15, -0.1) is 11.8 Å². The van der Waals surface area contributed by atoms with Gasteiger partial charge < -0.3 is 21.1 Å². The van der Waals surface area contributed by atoms with Gasteiger partial charge >= 0.3 is 5.97 Å².